The third kappa shape index (κ3) is 5.20. The number of benzene rings is 1. The molecule has 0 atom stereocenters. The van der Waals surface area contributed by atoms with E-state index in [1.54, 1.807) is 0 Å². The van der Waals surface area contributed by atoms with Crippen LogP contribution >= 0.6 is 0 Å². The summed E-state index contributed by atoms with van der Waals surface area (Å²) in [5, 5.41) is 12.4. The molecule has 0 spiro atoms. The molecule has 0 aliphatic rings. The van der Waals surface area contributed by atoms with Crippen LogP contribution in [0.4, 0.5) is 0 Å². The van der Waals surface area contributed by atoms with Crippen molar-refractivity contribution in [3.63, 3.8) is 0 Å². The Hall–Kier alpha value is -1.06. The lowest BCUT2D eigenvalue weighted by Crippen LogP contribution is -2.39. The molecule has 0 amide bonds. The zero-order chi connectivity index (χ0) is 12.7. The minimum absolute atomic E-state index is 0.0453. The van der Waals surface area contributed by atoms with E-state index in [9.17, 15) is 0 Å². The zero-order valence-corrected chi connectivity index (χ0v) is 11.0. The summed E-state index contributed by atoms with van der Waals surface area (Å²) in [6.45, 7) is 7.85. The van der Waals surface area contributed by atoms with Crippen LogP contribution in [0.5, 0.6) is 5.75 Å². The van der Waals surface area contributed by atoms with Crippen LogP contribution in [0.25, 0.3) is 0 Å². The van der Waals surface area contributed by atoms with Crippen LogP contribution < -0.4 is 10.1 Å². The van der Waals surface area contributed by atoms with Crippen molar-refractivity contribution < 1.29 is 9.84 Å². The number of aliphatic hydroxyl groups is 1. The van der Waals surface area contributed by atoms with Crippen LogP contribution in [0.3, 0.4) is 0 Å². The first-order valence-electron chi connectivity index (χ1n) is 6.15. The van der Waals surface area contributed by atoms with Crippen molar-refractivity contribution in [1.82, 2.24) is 5.32 Å². The molecule has 1 rings (SSSR count). The molecular formula is C14H23NO2. The number of rotatable bonds is 7. The van der Waals surface area contributed by atoms with Gasteiger partial charge in [-0.05, 0) is 44.9 Å². The van der Waals surface area contributed by atoms with Crippen molar-refractivity contribution in [2.75, 3.05) is 13.2 Å². The minimum Gasteiger partial charge on any atom is -0.494 e. The fraction of sp³-hybridized carbons (Fsp3) is 0.571. The second-order valence-electron chi connectivity index (χ2n) is 4.79. The smallest absolute Gasteiger partial charge is 0.119 e. The Morgan fingerprint density at radius 3 is 2.76 bits per heavy atom. The largest absolute Gasteiger partial charge is 0.494 e. The molecule has 0 aromatic heterocycles. The zero-order valence-electron chi connectivity index (χ0n) is 11.0. The maximum atomic E-state index is 8.95. The average molecular weight is 237 g/mol. The predicted molar refractivity (Wildman–Crippen MR) is 70.2 cm³/mol. The van der Waals surface area contributed by atoms with Crippen LogP contribution in [0.2, 0.25) is 0 Å². The summed E-state index contributed by atoms with van der Waals surface area (Å²) < 4.78 is 5.46. The van der Waals surface area contributed by atoms with Gasteiger partial charge in [-0.1, -0.05) is 12.1 Å². The van der Waals surface area contributed by atoms with Gasteiger partial charge in [-0.3, -0.25) is 0 Å². The number of hydrogen-bond acceptors (Lipinski definition) is 3. The molecule has 0 radical (unpaired) electrons. The Labute approximate surface area is 104 Å². The van der Waals surface area contributed by atoms with Crippen molar-refractivity contribution in [3.05, 3.63) is 29.8 Å². The van der Waals surface area contributed by atoms with Gasteiger partial charge in [-0.25, -0.2) is 0 Å². The van der Waals surface area contributed by atoms with Gasteiger partial charge >= 0.3 is 0 Å². The van der Waals surface area contributed by atoms with Gasteiger partial charge in [-0.2, -0.15) is 0 Å². The third-order valence-electron chi connectivity index (χ3n) is 2.72. The molecule has 0 fully saturated rings. The molecule has 96 valence electrons. The minimum atomic E-state index is -0.0453. The first kappa shape index (κ1) is 14.0. The second kappa shape index (κ2) is 6.62. The summed E-state index contributed by atoms with van der Waals surface area (Å²) in [4.78, 5) is 0. The number of aliphatic hydroxyl groups excluding tert-OH is 1. The fourth-order valence-corrected chi connectivity index (χ4v) is 1.62. The highest BCUT2D eigenvalue weighted by Crippen LogP contribution is 2.15. The maximum Gasteiger partial charge on any atom is 0.119 e. The Kier molecular flexibility index (Phi) is 5.45. The highest BCUT2D eigenvalue weighted by atomic mass is 16.5. The molecule has 0 aliphatic carbocycles. The van der Waals surface area contributed by atoms with Crippen LogP contribution in [0.1, 0.15) is 32.8 Å². The standard InChI is InChI=1S/C14H23NO2/c1-4-17-13-7-5-6-12(10-13)11-15-14(2,3)8-9-16/h5-7,10,15-16H,4,8-9,11H2,1-3H3. The molecule has 0 saturated heterocycles. The van der Waals surface area contributed by atoms with E-state index in [4.69, 9.17) is 9.84 Å². The summed E-state index contributed by atoms with van der Waals surface area (Å²) in [6.07, 6.45) is 0.748. The van der Waals surface area contributed by atoms with Gasteiger partial charge in [0.15, 0.2) is 0 Å². The molecule has 2 N–H and O–H groups in total. The maximum absolute atomic E-state index is 8.95. The van der Waals surface area contributed by atoms with Crippen molar-refractivity contribution in [1.29, 1.82) is 0 Å². The highest BCUT2D eigenvalue weighted by molar-refractivity contribution is 5.28. The summed E-state index contributed by atoms with van der Waals surface area (Å²) >= 11 is 0. The van der Waals surface area contributed by atoms with E-state index in [1.807, 2.05) is 25.1 Å². The molecule has 1 aromatic carbocycles. The van der Waals surface area contributed by atoms with E-state index >= 15 is 0 Å². The van der Waals surface area contributed by atoms with Crippen molar-refractivity contribution in [3.8, 4) is 5.75 Å². The van der Waals surface area contributed by atoms with Crippen LogP contribution in [-0.2, 0) is 6.54 Å². The molecule has 0 aliphatic heterocycles. The first-order chi connectivity index (χ1) is 8.07. The van der Waals surface area contributed by atoms with Gasteiger partial charge in [0.1, 0.15) is 5.75 Å². The van der Waals surface area contributed by atoms with E-state index in [2.05, 4.69) is 25.2 Å². The second-order valence-corrected chi connectivity index (χ2v) is 4.79. The third-order valence-corrected chi connectivity index (χ3v) is 2.72. The molecule has 3 nitrogen and oxygen atoms in total. The molecule has 1 aromatic rings. The topological polar surface area (TPSA) is 41.5 Å². The Morgan fingerprint density at radius 1 is 1.35 bits per heavy atom. The molecule has 0 heterocycles. The summed E-state index contributed by atoms with van der Waals surface area (Å²) in [7, 11) is 0. The molecular weight excluding hydrogens is 214 g/mol. The summed E-state index contributed by atoms with van der Waals surface area (Å²) in [5.74, 6) is 0.909. The van der Waals surface area contributed by atoms with Crippen molar-refractivity contribution in [2.24, 2.45) is 0 Å². The van der Waals surface area contributed by atoms with E-state index in [0.29, 0.717) is 6.61 Å². The van der Waals surface area contributed by atoms with E-state index in [1.165, 1.54) is 5.56 Å². The van der Waals surface area contributed by atoms with Crippen LogP contribution in [-0.4, -0.2) is 23.9 Å². The molecule has 0 unspecified atom stereocenters. The van der Waals surface area contributed by atoms with E-state index < -0.39 is 0 Å². The Balaban J connectivity index is 2.53. The van der Waals surface area contributed by atoms with Gasteiger partial charge in [0, 0.05) is 18.7 Å². The lowest BCUT2D eigenvalue weighted by Gasteiger charge is -2.25. The first-order valence-corrected chi connectivity index (χ1v) is 6.15. The Bertz CT molecular complexity index is 337. The number of ether oxygens (including phenoxy) is 1. The lowest BCUT2D eigenvalue weighted by molar-refractivity contribution is 0.230. The fourth-order valence-electron chi connectivity index (χ4n) is 1.62. The lowest BCUT2D eigenvalue weighted by atomic mass is 10.0. The number of nitrogens with one attached hydrogen (secondary N) is 1. The highest BCUT2D eigenvalue weighted by Gasteiger charge is 2.15. The molecule has 0 bridgehead atoms. The summed E-state index contributed by atoms with van der Waals surface area (Å²) in [5.41, 5.74) is 1.15. The van der Waals surface area contributed by atoms with Crippen LogP contribution in [0.15, 0.2) is 24.3 Å². The normalized spacial score (nSPS) is 11.5. The van der Waals surface area contributed by atoms with Crippen LogP contribution in [0, 0.1) is 0 Å². The van der Waals surface area contributed by atoms with Crippen molar-refractivity contribution in [2.45, 2.75) is 39.3 Å². The van der Waals surface area contributed by atoms with E-state index in [-0.39, 0.29) is 12.1 Å². The monoisotopic (exact) mass is 237 g/mol. The van der Waals surface area contributed by atoms with Gasteiger partial charge in [0.2, 0.25) is 0 Å². The SMILES string of the molecule is CCOc1cccc(CNC(C)(C)CCO)c1. The van der Waals surface area contributed by atoms with Gasteiger partial charge in [0.05, 0.1) is 6.61 Å². The predicted octanol–water partition coefficient (Wildman–Crippen LogP) is 2.34. The average Bonchev–Trinajstić information content (AvgIpc) is 2.28. The van der Waals surface area contributed by atoms with Gasteiger partial charge in [-0.15, -0.1) is 0 Å². The quantitative estimate of drug-likeness (QED) is 0.765. The van der Waals surface area contributed by atoms with Crippen molar-refractivity contribution >= 4 is 0 Å². The van der Waals surface area contributed by atoms with Gasteiger partial charge < -0.3 is 15.2 Å². The molecule has 0 saturated carbocycles. The molecule has 3 heteroatoms. The van der Waals surface area contributed by atoms with E-state index in [0.717, 1.165) is 18.7 Å². The number of hydrogen-bond donors (Lipinski definition) is 2. The molecule has 17 heavy (non-hydrogen) atoms. The summed E-state index contributed by atoms with van der Waals surface area (Å²) in [6, 6.07) is 8.09. The van der Waals surface area contributed by atoms with Gasteiger partial charge in [0.25, 0.3) is 0 Å². The Morgan fingerprint density at radius 2 is 2.12 bits per heavy atom.